The van der Waals surface area contributed by atoms with E-state index in [0.29, 0.717) is 10.8 Å². The lowest BCUT2D eigenvalue weighted by Crippen LogP contribution is -2.14. The molecule has 0 unspecified atom stereocenters. The van der Waals surface area contributed by atoms with Gasteiger partial charge in [-0.25, -0.2) is 4.98 Å². The van der Waals surface area contributed by atoms with Crippen molar-refractivity contribution in [1.29, 1.82) is 0 Å². The van der Waals surface area contributed by atoms with Gasteiger partial charge in [0.2, 0.25) is 0 Å². The minimum atomic E-state index is -0.496. The molecule has 9 heteroatoms. The van der Waals surface area contributed by atoms with Gasteiger partial charge in [-0.05, 0) is 23.6 Å². The molecule has 2 heterocycles. The fourth-order valence-corrected chi connectivity index (χ4v) is 3.69. The molecule has 0 aliphatic carbocycles. The predicted octanol–water partition coefficient (Wildman–Crippen LogP) is 4.10. The summed E-state index contributed by atoms with van der Waals surface area (Å²) in [5, 5.41) is 18.2. The van der Waals surface area contributed by atoms with Crippen molar-refractivity contribution in [3.8, 4) is 10.6 Å². The van der Waals surface area contributed by atoms with Crippen LogP contribution in [0.15, 0.2) is 41.1 Å². The molecule has 2 aromatic heterocycles. The number of hydrogen-bond donors (Lipinski definition) is 1. The van der Waals surface area contributed by atoms with Gasteiger partial charge in [-0.15, -0.1) is 22.7 Å². The van der Waals surface area contributed by atoms with E-state index < -0.39 is 10.8 Å². The van der Waals surface area contributed by atoms with Crippen LogP contribution in [-0.4, -0.2) is 29.9 Å². The number of thiazole rings is 1. The molecule has 0 bridgehead atoms. The lowest BCUT2D eigenvalue weighted by atomic mass is 10.1. The van der Waals surface area contributed by atoms with Crippen LogP contribution in [0.5, 0.6) is 0 Å². The summed E-state index contributed by atoms with van der Waals surface area (Å²) >= 11 is 2.88. The second-order valence-corrected chi connectivity index (χ2v) is 7.13. The quantitative estimate of drug-likeness (QED) is 0.536. The highest BCUT2D eigenvalue weighted by Gasteiger charge is 2.19. The van der Waals surface area contributed by atoms with E-state index in [1.54, 1.807) is 42.5 Å². The van der Waals surface area contributed by atoms with Crippen molar-refractivity contribution in [3.63, 3.8) is 0 Å². The summed E-state index contributed by atoms with van der Waals surface area (Å²) in [5.74, 6) is -0.430. The highest BCUT2D eigenvalue weighted by Crippen LogP contribution is 2.30. The fraction of sp³-hybridized carbons (Fsp3) is 0.125. The van der Waals surface area contributed by atoms with E-state index in [9.17, 15) is 14.9 Å². The third kappa shape index (κ3) is 3.67. The van der Waals surface area contributed by atoms with Crippen LogP contribution in [0.3, 0.4) is 0 Å². The Morgan fingerprint density at radius 2 is 2.08 bits per heavy atom. The smallest absolute Gasteiger partial charge is 0.293 e. The van der Waals surface area contributed by atoms with Crippen molar-refractivity contribution in [2.75, 3.05) is 24.3 Å². The maximum Gasteiger partial charge on any atom is 0.293 e. The van der Waals surface area contributed by atoms with Gasteiger partial charge in [-0.1, -0.05) is 6.07 Å². The number of nitrogens with zero attached hydrogens (tertiary/aromatic N) is 3. The fourth-order valence-electron chi connectivity index (χ4n) is 2.23. The van der Waals surface area contributed by atoms with Gasteiger partial charge in [-0.2, -0.15) is 0 Å². The number of benzene rings is 1. The Kier molecular flexibility index (Phi) is 4.77. The molecule has 25 heavy (non-hydrogen) atoms. The van der Waals surface area contributed by atoms with Gasteiger partial charge in [0.05, 0.1) is 15.5 Å². The summed E-state index contributed by atoms with van der Waals surface area (Å²) in [7, 11) is 3.42. The molecule has 1 N–H and O–H groups in total. The normalized spacial score (nSPS) is 10.5. The Hall–Kier alpha value is -2.78. The first kappa shape index (κ1) is 17.1. The van der Waals surface area contributed by atoms with Gasteiger partial charge in [0.15, 0.2) is 5.13 Å². The number of thiophene rings is 1. The predicted molar refractivity (Wildman–Crippen MR) is 101 cm³/mol. The molecule has 3 rings (SSSR count). The van der Waals surface area contributed by atoms with Crippen LogP contribution >= 0.6 is 22.7 Å². The minimum absolute atomic E-state index is 0.115. The van der Waals surface area contributed by atoms with E-state index in [1.165, 1.54) is 17.4 Å². The van der Waals surface area contributed by atoms with Gasteiger partial charge < -0.3 is 4.90 Å². The van der Waals surface area contributed by atoms with Crippen molar-refractivity contribution in [2.24, 2.45) is 0 Å². The van der Waals surface area contributed by atoms with Crippen molar-refractivity contribution < 1.29 is 9.72 Å². The lowest BCUT2D eigenvalue weighted by Gasteiger charge is -2.13. The van der Waals surface area contributed by atoms with Gasteiger partial charge in [0.25, 0.3) is 11.6 Å². The molecule has 7 nitrogen and oxygen atoms in total. The second kappa shape index (κ2) is 6.99. The van der Waals surface area contributed by atoms with Crippen molar-refractivity contribution in [3.05, 3.63) is 56.8 Å². The number of rotatable bonds is 5. The number of carbonyl (C=O) groups is 1. The third-order valence-electron chi connectivity index (χ3n) is 3.41. The lowest BCUT2D eigenvalue weighted by molar-refractivity contribution is -0.384. The Morgan fingerprint density at radius 1 is 1.28 bits per heavy atom. The number of hydrogen-bond acceptors (Lipinski definition) is 7. The van der Waals surface area contributed by atoms with Crippen molar-refractivity contribution in [2.45, 2.75) is 0 Å². The zero-order chi connectivity index (χ0) is 18.0. The average molecular weight is 374 g/mol. The Morgan fingerprint density at radius 3 is 2.72 bits per heavy atom. The molecule has 0 fully saturated rings. The van der Waals surface area contributed by atoms with Crippen LogP contribution in [0.25, 0.3) is 10.6 Å². The second-order valence-electron chi connectivity index (χ2n) is 5.32. The van der Waals surface area contributed by atoms with E-state index in [0.717, 1.165) is 10.6 Å². The van der Waals surface area contributed by atoms with E-state index in [1.807, 2.05) is 22.9 Å². The summed E-state index contributed by atoms with van der Waals surface area (Å²) in [4.78, 5) is 30.1. The number of anilines is 2. The van der Waals surface area contributed by atoms with E-state index in [4.69, 9.17) is 0 Å². The van der Waals surface area contributed by atoms with E-state index >= 15 is 0 Å². The molecule has 0 atom stereocenters. The molecule has 0 aliphatic rings. The summed E-state index contributed by atoms with van der Waals surface area (Å²) in [6, 6.07) is 8.29. The molecule has 0 spiro atoms. The molecule has 0 radical (unpaired) electrons. The van der Waals surface area contributed by atoms with Gasteiger partial charge >= 0.3 is 0 Å². The zero-order valence-corrected chi connectivity index (χ0v) is 15.1. The van der Waals surface area contributed by atoms with Gasteiger partial charge in [0.1, 0.15) is 5.69 Å². The number of nitro benzene ring substituents is 1. The molecular weight excluding hydrogens is 360 g/mol. The third-order valence-corrected chi connectivity index (χ3v) is 5.06. The summed E-state index contributed by atoms with van der Waals surface area (Å²) in [6.45, 7) is 0. The van der Waals surface area contributed by atoms with E-state index in [2.05, 4.69) is 10.3 Å². The van der Waals surface area contributed by atoms with Gasteiger partial charge in [-0.3, -0.25) is 20.2 Å². The highest BCUT2D eigenvalue weighted by atomic mass is 32.1. The maximum absolute atomic E-state index is 12.4. The first-order chi connectivity index (χ1) is 12.0. The average Bonchev–Trinajstić information content (AvgIpc) is 3.25. The standard InChI is InChI=1S/C16H14N4O3S2/c1-19(2)12-6-5-10(8-13(12)20(22)23)15(21)18-16-17-11(9-25-16)14-4-3-7-24-14/h3-9H,1-2H3,(H,17,18,21). The molecular formula is C16H14N4O3S2. The monoisotopic (exact) mass is 374 g/mol. The van der Waals surface area contributed by atoms with Crippen LogP contribution in [0.4, 0.5) is 16.5 Å². The van der Waals surface area contributed by atoms with Crippen molar-refractivity contribution >= 4 is 45.1 Å². The summed E-state index contributed by atoms with van der Waals surface area (Å²) in [5.41, 5.74) is 1.33. The van der Waals surface area contributed by atoms with Crippen LogP contribution in [0.1, 0.15) is 10.4 Å². The summed E-state index contributed by atoms with van der Waals surface area (Å²) in [6.07, 6.45) is 0. The first-order valence-electron chi connectivity index (χ1n) is 7.22. The van der Waals surface area contributed by atoms with Gasteiger partial charge in [0, 0.05) is 31.1 Å². The Labute approximate surface area is 151 Å². The molecule has 128 valence electrons. The summed E-state index contributed by atoms with van der Waals surface area (Å²) < 4.78 is 0. The first-order valence-corrected chi connectivity index (χ1v) is 8.98. The maximum atomic E-state index is 12.4. The molecule has 0 saturated heterocycles. The topological polar surface area (TPSA) is 88.4 Å². The van der Waals surface area contributed by atoms with Crippen LogP contribution in [-0.2, 0) is 0 Å². The number of carbonyl (C=O) groups excluding carboxylic acids is 1. The molecule has 1 aromatic carbocycles. The Balaban J connectivity index is 1.82. The number of amides is 1. The van der Waals surface area contributed by atoms with E-state index in [-0.39, 0.29) is 11.3 Å². The largest absolute Gasteiger partial charge is 0.372 e. The SMILES string of the molecule is CN(C)c1ccc(C(=O)Nc2nc(-c3cccs3)cs2)cc1[N+](=O)[O-]. The highest BCUT2D eigenvalue weighted by molar-refractivity contribution is 7.16. The minimum Gasteiger partial charge on any atom is -0.372 e. The van der Waals surface area contributed by atoms with Crippen LogP contribution in [0.2, 0.25) is 0 Å². The van der Waals surface area contributed by atoms with Crippen LogP contribution < -0.4 is 10.2 Å². The number of nitro groups is 1. The number of nitrogens with one attached hydrogen (secondary N) is 1. The molecule has 0 aliphatic heterocycles. The zero-order valence-electron chi connectivity index (χ0n) is 13.4. The number of aromatic nitrogens is 1. The molecule has 3 aromatic rings. The van der Waals surface area contributed by atoms with Crippen molar-refractivity contribution in [1.82, 2.24) is 4.98 Å². The molecule has 1 amide bonds. The Bertz CT molecular complexity index is 919. The van der Waals surface area contributed by atoms with Crippen LogP contribution in [0, 0.1) is 10.1 Å². The molecule has 0 saturated carbocycles.